The fourth-order valence-corrected chi connectivity index (χ4v) is 1.80. The first-order chi connectivity index (χ1) is 8.69. The summed E-state index contributed by atoms with van der Waals surface area (Å²) in [4.78, 5) is 27.2. The minimum atomic E-state index is -1.04. The number of carbonyl (C=O) groups excluding carboxylic acids is 2. The molecule has 0 aliphatic carbocycles. The van der Waals surface area contributed by atoms with Gasteiger partial charge in [-0.15, -0.1) is 0 Å². The first-order valence-electron chi connectivity index (χ1n) is 5.24. The molecule has 2 amide bonds. The Labute approximate surface area is 102 Å². The quantitative estimate of drug-likeness (QED) is 0.353. The van der Waals surface area contributed by atoms with Crippen LogP contribution in [0.5, 0.6) is 0 Å². The zero-order chi connectivity index (χ0) is 13.1. The van der Waals surface area contributed by atoms with Gasteiger partial charge in [0.25, 0.3) is 11.8 Å². The van der Waals surface area contributed by atoms with Gasteiger partial charge in [-0.3, -0.25) is 18.9 Å². The third-order valence-corrected chi connectivity index (χ3v) is 2.66. The fraction of sp³-hybridized carbons (Fsp3) is 0.273. The molecule has 1 aromatic carbocycles. The Balaban J connectivity index is 2.26. The number of nitrogens with zero attached hydrogens (tertiary/aromatic N) is 4. The van der Waals surface area contributed by atoms with Crippen molar-refractivity contribution in [1.29, 1.82) is 0 Å². The third kappa shape index (κ3) is 1.91. The topological polar surface area (TPSA) is 86.1 Å². The second-order valence-corrected chi connectivity index (χ2v) is 3.78. The molecule has 0 fully saturated rings. The van der Waals surface area contributed by atoms with Crippen molar-refractivity contribution in [2.24, 2.45) is 5.11 Å². The molecule has 0 radical (unpaired) electrons. The van der Waals surface area contributed by atoms with E-state index in [9.17, 15) is 14.0 Å². The number of amides is 2. The van der Waals surface area contributed by atoms with Crippen LogP contribution < -0.4 is 0 Å². The van der Waals surface area contributed by atoms with E-state index in [0.717, 1.165) is 4.90 Å². The van der Waals surface area contributed by atoms with Gasteiger partial charge in [0.2, 0.25) is 0 Å². The smallest absolute Gasteiger partial charge is 0.261 e. The first-order valence-corrected chi connectivity index (χ1v) is 5.24. The summed E-state index contributed by atoms with van der Waals surface area (Å²) >= 11 is 0. The summed E-state index contributed by atoms with van der Waals surface area (Å²) in [5.74, 6) is -0.968. The Hall–Kier alpha value is -2.40. The van der Waals surface area contributed by atoms with Crippen molar-refractivity contribution >= 4 is 11.8 Å². The van der Waals surface area contributed by atoms with Crippen molar-refractivity contribution in [3.8, 4) is 0 Å². The van der Waals surface area contributed by atoms with E-state index in [1.54, 1.807) is 12.1 Å². The molecule has 1 unspecified atom stereocenters. The van der Waals surface area contributed by atoms with Gasteiger partial charge in [-0.25, -0.2) is 0 Å². The fourth-order valence-electron chi connectivity index (χ4n) is 1.80. The van der Waals surface area contributed by atoms with Crippen LogP contribution >= 0.6 is 0 Å². The van der Waals surface area contributed by atoms with Gasteiger partial charge in [0.15, 0.2) is 0 Å². The number of rotatable bonds is 4. The number of alkyl halides is 1. The Morgan fingerprint density at radius 3 is 2.28 bits per heavy atom. The molecule has 1 aromatic rings. The number of imide groups is 1. The monoisotopic (exact) mass is 248 g/mol. The van der Waals surface area contributed by atoms with E-state index in [2.05, 4.69) is 10.0 Å². The van der Waals surface area contributed by atoms with Crippen molar-refractivity contribution in [2.45, 2.75) is 6.04 Å². The van der Waals surface area contributed by atoms with Gasteiger partial charge < -0.3 is 0 Å². The highest BCUT2D eigenvalue weighted by atomic mass is 19.1. The van der Waals surface area contributed by atoms with Crippen LogP contribution in [-0.2, 0) is 0 Å². The lowest BCUT2D eigenvalue weighted by Crippen LogP contribution is -2.36. The normalized spacial score (nSPS) is 15.3. The molecule has 6 nitrogen and oxygen atoms in total. The van der Waals surface area contributed by atoms with Gasteiger partial charge in [-0.05, 0) is 17.7 Å². The molecule has 1 aliphatic heterocycles. The van der Waals surface area contributed by atoms with E-state index in [-0.39, 0.29) is 6.54 Å². The number of fused-ring (bicyclic) bond motifs is 1. The molecule has 1 atom stereocenters. The molecule has 0 bridgehead atoms. The first kappa shape index (κ1) is 12.1. The van der Waals surface area contributed by atoms with Gasteiger partial charge in [0.1, 0.15) is 0 Å². The summed E-state index contributed by atoms with van der Waals surface area (Å²) in [6, 6.07) is 5.32. The number of hydrogen-bond acceptors (Lipinski definition) is 3. The Kier molecular flexibility index (Phi) is 3.25. The molecule has 0 saturated carbocycles. The molecule has 2 rings (SSSR count). The molecule has 0 N–H and O–H groups in total. The largest absolute Gasteiger partial charge is 0.274 e. The Morgan fingerprint density at radius 2 is 1.83 bits per heavy atom. The molecule has 7 heteroatoms. The molecule has 1 aliphatic rings. The van der Waals surface area contributed by atoms with Crippen molar-refractivity contribution in [3.63, 3.8) is 0 Å². The summed E-state index contributed by atoms with van der Waals surface area (Å²) < 4.78 is 12.6. The van der Waals surface area contributed by atoms with Gasteiger partial charge in [-0.1, -0.05) is 17.2 Å². The van der Waals surface area contributed by atoms with Gasteiger partial charge in [0, 0.05) is 11.5 Å². The Bertz CT molecular complexity index is 519. The maximum absolute atomic E-state index is 12.6. The predicted molar refractivity (Wildman–Crippen MR) is 60.7 cm³/mol. The lowest BCUT2D eigenvalue weighted by molar-refractivity contribution is 0.0641. The third-order valence-electron chi connectivity index (χ3n) is 2.66. The van der Waals surface area contributed by atoms with E-state index in [0.29, 0.717) is 11.1 Å². The summed E-state index contributed by atoms with van der Waals surface area (Å²) in [6.45, 7) is -1.16. The average Bonchev–Trinajstić information content (AvgIpc) is 2.64. The van der Waals surface area contributed by atoms with Crippen LogP contribution in [0.2, 0.25) is 0 Å². The average molecular weight is 248 g/mol. The van der Waals surface area contributed by atoms with E-state index in [1.165, 1.54) is 12.1 Å². The van der Waals surface area contributed by atoms with Crippen LogP contribution in [0, 0.1) is 0 Å². The number of azide groups is 1. The number of carbonyl (C=O) groups is 2. The highest BCUT2D eigenvalue weighted by Crippen LogP contribution is 2.22. The highest BCUT2D eigenvalue weighted by Gasteiger charge is 2.36. The number of benzene rings is 1. The second kappa shape index (κ2) is 4.85. The molecular formula is C11H9FN4O2. The Morgan fingerprint density at radius 1 is 1.28 bits per heavy atom. The van der Waals surface area contributed by atoms with Crippen LogP contribution in [0.3, 0.4) is 0 Å². The molecule has 18 heavy (non-hydrogen) atoms. The van der Waals surface area contributed by atoms with E-state index >= 15 is 0 Å². The van der Waals surface area contributed by atoms with Crippen LogP contribution in [0.4, 0.5) is 4.39 Å². The van der Waals surface area contributed by atoms with Crippen LogP contribution in [0.15, 0.2) is 29.4 Å². The molecule has 0 aromatic heterocycles. The van der Waals surface area contributed by atoms with E-state index < -0.39 is 24.5 Å². The minimum Gasteiger partial charge on any atom is -0.274 e. The van der Waals surface area contributed by atoms with Gasteiger partial charge >= 0.3 is 0 Å². The molecule has 0 spiro atoms. The summed E-state index contributed by atoms with van der Waals surface area (Å²) in [5, 5.41) is 3.20. The molecular weight excluding hydrogens is 239 g/mol. The summed E-state index contributed by atoms with van der Waals surface area (Å²) in [5.41, 5.74) is 8.84. The van der Waals surface area contributed by atoms with E-state index in [4.69, 9.17) is 5.53 Å². The van der Waals surface area contributed by atoms with Crippen molar-refractivity contribution in [1.82, 2.24) is 4.90 Å². The van der Waals surface area contributed by atoms with Crippen molar-refractivity contribution in [2.75, 3.05) is 13.2 Å². The highest BCUT2D eigenvalue weighted by molar-refractivity contribution is 6.21. The molecule has 92 valence electrons. The SMILES string of the molecule is [N-]=[N+]=NC(CF)CN1C(=O)c2ccccc2C1=O. The maximum Gasteiger partial charge on any atom is 0.261 e. The van der Waals surface area contributed by atoms with Crippen LogP contribution in [0.1, 0.15) is 20.7 Å². The maximum atomic E-state index is 12.6. The minimum absolute atomic E-state index is 0.243. The van der Waals surface area contributed by atoms with Crippen molar-refractivity contribution in [3.05, 3.63) is 45.8 Å². The molecule has 0 saturated heterocycles. The number of hydrogen-bond donors (Lipinski definition) is 0. The van der Waals surface area contributed by atoms with E-state index in [1.807, 2.05) is 0 Å². The summed E-state index contributed by atoms with van der Waals surface area (Å²) in [7, 11) is 0. The lowest BCUT2D eigenvalue weighted by Gasteiger charge is -2.16. The van der Waals surface area contributed by atoms with Gasteiger partial charge in [0.05, 0.1) is 23.8 Å². The van der Waals surface area contributed by atoms with Crippen LogP contribution in [0.25, 0.3) is 10.4 Å². The molecule has 1 heterocycles. The zero-order valence-electron chi connectivity index (χ0n) is 9.28. The van der Waals surface area contributed by atoms with Crippen LogP contribution in [-0.4, -0.2) is 36.0 Å². The van der Waals surface area contributed by atoms with Gasteiger partial charge in [-0.2, -0.15) is 0 Å². The second-order valence-electron chi connectivity index (χ2n) is 3.78. The lowest BCUT2D eigenvalue weighted by atomic mass is 10.1. The standard InChI is InChI=1S/C11H9FN4O2/c12-5-7(14-15-13)6-16-10(17)8-3-1-2-4-9(8)11(16)18/h1-4,7H,5-6H2. The van der Waals surface area contributed by atoms with Crippen molar-refractivity contribution < 1.29 is 14.0 Å². The number of halogens is 1. The predicted octanol–water partition coefficient (Wildman–Crippen LogP) is 1.93. The summed E-state index contributed by atoms with van der Waals surface area (Å²) in [6.07, 6.45) is 0. The zero-order valence-corrected chi connectivity index (χ0v) is 9.28.